The van der Waals surface area contributed by atoms with E-state index in [9.17, 15) is 0 Å². The number of allylic oxidation sites excluding steroid dienone is 2. The van der Waals surface area contributed by atoms with Crippen molar-refractivity contribution in [2.24, 2.45) is 0 Å². The SMILES string of the molecule is Nc1cc(C2=CCC=CN2)c2ccccc2n1. The molecular formula is C14H13N3. The lowest BCUT2D eigenvalue weighted by Gasteiger charge is -2.14. The third kappa shape index (κ3) is 1.76. The van der Waals surface area contributed by atoms with Gasteiger partial charge in [0.1, 0.15) is 5.82 Å². The lowest BCUT2D eigenvalue weighted by Crippen LogP contribution is -2.08. The van der Waals surface area contributed by atoms with Crippen molar-refractivity contribution in [3.63, 3.8) is 0 Å². The van der Waals surface area contributed by atoms with Crippen molar-refractivity contribution >= 4 is 22.4 Å². The number of dihydropyridines is 1. The minimum absolute atomic E-state index is 0.552. The molecule has 0 saturated heterocycles. The number of benzene rings is 1. The molecule has 0 saturated carbocycles. The molecule has 17 heavy (non-hydrogen) atoms. The molecule has 3 N–H and O–H groups in total. The Bertz CT molecular complexity index is 626. The summed E-state index contributed by atoms with van der Waals surface area (Å²) in [6, 6.07) is 9.96. The summed E-state index contributed by atoms with van der Waals surface area (Å²) < 4.78 is 0. The van der Waals surface area contributed by atoms with E-state index in [1.807, 2.05) is 30.5 Å². The van der Waals surface area contributed by atoms with E-state index in [4.69, 9.17) is 5.73 Å². The molecule has 0 unspecified atom stereocenters. The number of hydrogen-bond acceptors (Lipinski definition) is 3. The number of pyridine rings is 1. The van der Waals surface area contributed by atoms with Gasteiger partial charge in [-0.1, -0.05) is 30.4 Å². The number of nitrogens with one attached hydrogen (secondary N) is 1. The molecule has 0 atom stereocenters. The highest BCUT2D eigenvalue weighted by Crippen LogP contribution is 2.25. The summed E-state index contributed by atoms with van der Waals surface area (Å²) in [6.07, 6.45) is 7.14. The molecule has 0 bridgehead atoms. The van der Waals surface area contributed by atoms with Crippen molar-refractivity contribution in [3.05, 3.63) is 54.2 Å². The third-order valence-electron chi connectivity index (χ3n) is 2.84. The second-order valence-electron chi connectivity index (χ2n) is 4.01. The zero-order chi connectivity index (χ0) is 11.7. The largest absolute Gasteiger partial charge is 0.384 e. The third-order valence-corrected chi connectivity index (χ3v) is 2.84. The molecule has 3 nitrogen and oxygen atoms in total. The van der Waals surface area contributed by atoms with Crippen molar-refractivity contribution < 1.29 is 0 Å². The first-order valence-electron chi connectivity index (χ1n) is 5.62. The molecule has 1 aliphatic rings. The van der Waals surface area contributed by atoms with Crippen LogP contribution in [0.1, 0.15) is 12.0 Å². The van der Waals surface area contributed by atoms with E-state index >= 15 is 0 Å². The number of nitrogen functional groups attached to an aromatic ring is 1. The van der Waals surface area contributed by atoms with E-state index < -0.39 is 0 Å². The highest BCUT2D eigenvalue weighted by molar-refractivity contribution is 5.92. The predicted molar refractivity (Wildman–Crippen MR) is 71.0 cm³/mol. The highest BCUT2D eigenvalue weighted by Gasteiger charge is 2.08. The number of anilines is 1. The number of aromatic nitrogens is 1. The molecule has 0 spiro atoms. The zero-order valence-electron chi connectivity index (χ0n) is 9.35. The zero-order valence-corrected chi connectivity index (χ0v) is 9.35. The molecular weight excluding hydrogens is 210 g/mol. The predicted octanol–water partition coefficient (Wildman–Crippen LogP) is 2.66. The average molecular weight is 223 g/mol. The van der Waals surface area contributed by atoms with Gasteiger partial charge < -0.3 is 11.1 Å². The number of rotatable bonds is 1. The van der Waals surface area contributed by atoms with Gasteiger partial charge in [-0.3, -0.25) is 0 Å². The quantitative estimate of drug-likeness (QED) is 0.781. The van der Waals surface area contributed by atoms with Gasteiger partial charge in [0.25, 0.3) is 0 Å². The van der Waals surface area contributed by atoms with Crippen molar-refractivity contribution in [1.82, 2.24) is 10.3 Å². The van der Waals surface area contributed by atoms with Gasteiger partial charge in [0.2, 0.25) is 0 Å². The molecule has 84 valence electrons. The molecule has 0 aliphatic carbocycles. The Kier molecular flexibility index (Phi) is 2.29. The summed E-state index contributed by atoms with van der Waals surface area (Å²) >= 11 is 0. The standard InChI is InChI=1S/C14H13N3/c15-14-9-11(12-6-3-4-8-16-12)10-5-1-2-7-13(10)17-14/h1-2,4-9,16H,3H2,(H2,15,17). The number of nitrogens with zero attached hydrogens (tertiary/aromatic N) is 1. The number of nitrogens with two attached hydrogens (primary N) is 1. The second-order valence-corrected chi connectivity index (χ2v) is 4.01. The summed E-state index contributed by atoms with van der Waals surface area (Å²) in [5, 5.41) is 4.37. The number of hydrogen-bond donors (Lipinski definition) is 2. The fraction of sp³-hybridized carbons (Fsp3) is 0.0714. The maximum absolute atomic E-state index is 5.85. The highest BCUT2D eigenvalue weighted by atomic mass is 14.9. The minimum atomic E-state index is 0.552. The van der Waals surface area contributed by atoms with Gasteiger partial charge in [0, 0.05) is 16.6 Å². The van der Waals surface area contributed by atoms with E-state index in [2.05, 4.69) is 28.5 Å². The van der Waals surface area contributed by atoms with Crippen LogP contribution < -0.4 is 11.1 Å². The molecule has 3 heteroatoms. The van der Waals surface area contributed by atoms with E-state index in [0.29, 0.717) is 5.82 Å². The summed E-state index contributed by atoms with van der Waals surface area (Å²) in [7, 11) is 0. The van der Waals surface area contributed by atoms with Gasteiger partial charge in [-0.15, -0.1) is 0 Å². The first-order chi connectivity index (χ1) is 8.34. The van der Waals surface area contributed by atoms with Crippen LogP contribution >= 0.6 is 0 Å². The maximum atomic E-state index is 5.85. The minimum Gasteiger partial charge on any atom is -0.384 e. The van der Waals surface area contributed by atoms with Gasteiger partial charge in [0.15, 0.2) is 0 Å². The van der Waals surface area contributed by atoms with Crippen LogP contribution in [0.25, 0.3) is 16.6 Å². The van der Waals surface area contributed by atoms with Crippen LogP contribution in [0, 0.1) is 0 Å². The fourth-order valence-electron chi connectivity index (χ4n) is 2.07. The first kappa shape index (κ1) is 9.90. The van der Waals surface area contributed by atoms with Gasteiger partial charge in [-0.2, -0.15) is 0 Å². The fourth-order valence-corrected chi connectivity index (χ4v) is 2.07. The smallest absolute Gasteiger partial charge is 0.124 e. The number of para-hydroxylation sites is 1. The summed E-state index contributed by atoms with van der Waals surface area (Å²) in [5.41, 5.74) is 8.98. The Morgan fingerprint density at radius 2 is 2.12 bits per heavy atom. The van der Waals surface area contributed by atoms with Crippen LogP contribution in [-0.4, -0.2) is 4.98 Å². The molecule has 2 aromatic rings. The Hall–Kier alpha value is -2.29. The number of fused-ring (bicyclic) bond motifs is 1. The Morgan fingerprint density at radius 1 is 1.24 bits per heavy atom. The molecule has 1 aliphatic heterocycles. The van der Waals surface area contributed by atoms with Gasteiger partial charge in [-0.25, -0.2) is 4.98 Å². The average Bonchev–Trinajstić information content (AvgIpc) is 2.39. The Balaban J connectivity index is 2.24. The lowest BCUT2D eigenvalue weighted by molar-refractivity contribution is 1.14. The first-order valence-corrected chi connectivity index (χ1v) is 5.62. The molecule has 1 aromatic carbocycles. The van der Waals surface area contributed by atoms with Crippen LogP contribution in [0.15, 0.2) is 48.7 Å². The monoisotopic (exact) mass is 223 g/mol. The summed E-state index contributed by atoms with van der Waals surface area (Å²) in [4.78, 5) is 4.34. The molecule has 3 rings (SSSR count). The van der Waals surface area contributed by atoms with Crippen molar-refractivity contribution in [3.8, 4) is 0 Å². The van der Waals surface area contributed by atoms with Crippen molar-refractivity contribution in [1.29, 1.82) is 0 Å². The second kappa shape index (κ2) is 3.94. The lowest BCUT2D eigenvalue weighted by atomic mass is 10.0. The van der Waals surface area contributed by atoms with Crippen molar-refractivity contribution in [2.75, 3.05) is 5.73 Å². The van der Waals surface area contributed by atoms with Crippen molar-refractivity contribution in [2.45, 2.75) is 6.42 Å². The molecule has 0 fully saturated rings. The van der Waals surface area contributed by atoms with E-state index in [1.165, 1.54) is 0 Å². The van der Waals surface area contributed by atoms with Crippen LogP contribution in [0.4, 0.5) is 5.82 Å². The van der Waals surface area contributed by atoms with E-state index in [1.54, 1.807) is 0 Å². The summed E-state index contributed by atoms with van der Waals surface area (Å²) in [5.74, 6) is 0.552. The van der Waals surface area contributed by atoms with Crippen LogP contribution in [0.3, 0.4) is 0 Å². The topological polar surface area (TPSA) is 50.9 Å². The Labute approximate surface area is 99.7 Å². The van der Waals surface area contributed by atoms with Gasteiger partial charge >= 0.3 is 0 Å². The Morgan fingerprint density at radius 3 is 2.94 bits per heavy atom. The van der Waals surface area contributed by atoms with E-state index in [0.717, 1.165) is 28.6 Å². The maximum Gasteiger partial charge on any atom is 0.124 e. The van der Waals surface area contributed by atoms with Crippen LogP contribution in [0.5, 0.6) is 0 Å². The van der Waals surface area contributed by atoms with Gasteiger partial charge in [-0.05, 0) is 24.8 Å². The van der Waals surface area contributed by atoms with Crippen LogP contribution in [-0.2, 0) is 0 Å². The van der Waals surface area contributed by atoms with Crippen LogP contribution in [0.2, 0.25) is 0 Å². The normalized spacial score (nSPS) is 14.5. The molecule has 0 radical (unpaired) electrons. The van der Waals surface area contributed by atoms with E-state index in [-0.39, 0.29) is 0 Å². The molecule has 0 amide bonds. The summed E-state index contributed by atoms with van der Waals surface area (Å²) in [6.45, 7) is 0. The molecule has 2 heterocycles. The molecule has 1 aromatic heterocycles. The van der Waals surface area contributed by atoms with Gasteiger partial charge in [0.05, 0.1) is 5.52 Å².